The van der Waals surface area contributed by atoms with Gasteiger partial charge in [-0.05, 0) is 36.8 Å². The number of pyridine rings is 1. The highest BCUT2D eigenvalue weighted by molar-refractivity contribution is 7.13. The number of fused-ring (bicyclic) bond motifs is 1. The summed E-state index contributed by atoms with van der Waals surface area (Å²) in [4.78, 5) is 22.6. The molecule has 0 aliphatic heterocycles. The number of methoxy groups -OCH3 is 2. The zero-order valence-electron chi connectivity index (χ0n) is 19.6. The quantitative estimate of drug-likeness (QED) is 0.324. The first-order valence-corrected chi connectivity index (χ1v) is 11.9. The number of ether oxygens (including phenoxy) is 2. The number of carbonyl (C=O) groups excluding carboxylic acids is 1. The first kappa shape index (κ1) is 22.6. The molecular formula is C27H24N4O3S. The number of benzene rings is 2. The summed E-state index contributed by atoms with van der Waals surface area (Å²) >= 11 is 1.48. The molecule has 5 rings (SSSR count). The number of nitrogens with zero attached hydrogens (tertiary/aromatic N) is 3. The molecule has 0 saturated heterocycles. The molecule has 0 unspecified atom stereocenters. The maximum atomic E-state index is 13.1. The summed E-state index contributed by atoms with van der Waals surface area (Å²) in [5, 5.41) is 5.79. The Hall–Kier alpha value is -4.17. The van der Waals surface area contributed by atoms with Gasteiger partial charge in [-0.2, -0.15) is 0 Å². The lowest BCUT2D eigenvalue weighted by Gasteiger charge is -2.08. The van der Waals surface area contributed by atoms with E-state index in [-0.39, 0.29) is 12.3 Å². The third kappa shape index (κ3) is 4.48. The van der Waals surface area contributed by atoms with Crippen LogP contribution in [-0.4, -0.2) is 34.5 Å². The van der Waals surface area contributed by atoms with Crippen LogP contribution in [0.4, 0.5) is 5.82 Å². The first-order valence-electron chi connectivity index (χ1n) is 11.1. The van der Waals surface area contributed by atoms with E-state index in [1.807, 2.05) is 83.6 Å². The van der Waals surface area contributed by atoms with Crippen molar-refractivity contribution < 1.29 is 14.3 Å². The van der Waals surface area contributed by atoms with Gasteiger partial charge in [0, 0.05) is 22.7 Å². The van der Waals surface area contributed by atoms with E-state index in [2.05, 4.69) is 10.3 Å². The number of rotatable bonds is 7. The molecule has 0 aliphatic carbocycles. The van der Waals surface area contributed by atoms with Crippen molar-refractivity contribution in [3.63, 3.8) is 0 Å². The van der Waals surface area contributed by atoms with Crippen LogP contribution in [0.2, 0.25) is 0 Å². The molecule has 0 radical (unpaired) electrons. The van der Waals surface area contributed by atoms with E-state index >= 15 is 0 Å². The number of aryl methyl sites for hydroxylation is 1. The zero-order chi connectivity index (χ0) is 24.4. The third-order valence-electron chi connectivity index (χ3n) is 5.67. The van der Waals surface area contributed by atoms with Gasteiger partial charge in [0.1, 0.15) is 22.2 Å². The number of imidazole rings is 1. The van der Waals surface area contributed by atoms with Crippen molar-refractivity contribution in [2.45, 2.75) is 13.3 Å². The van der Waals surface area contributed by atoms with E-state index in [1.54, 1.807) is 14.2 Å². The largest absolute Gasteiger partial charge is 0.493 e. The lowest BCUT2D eigenvalue weighted by molar-refractivity contribution is -0.115. The molecule has 1 amide bonds. The summed E-state index contributed by atoms with van der Waals surface area (Å²) in [6, 6.07) is 19.5. The number of carbonyl (C=O) groups is 1. The lowest BCUT2D eigenvalue weighted by Crippen LogP contribution is -2.16. The van der Waals surface area contributed by atoms with Crippen LogP contribution in [0.15, 0.2) is 72.2 Å². The second-order valence-electron chi connectivity index (χ2n) is 8.00. The van der Waals surface area contributed by atoms with E-state index in [9.17, 15) is 4.79 Å². The standard InChI is InChI=1S/C27H24N4O3S/c1-17-8-7-13-31-25(17)30-24(18-9-5-4-6-10-18)26(31)29-23(32)15-20-16-35-27(28-20)19-11-12-21(33-2)22(14-19)34-3/h4-14,16H,15H2,1-3H3,(H,29,32). The fourth-order valence-electron chi connectivity index (χ4n) is 3.95. The number of aromatic nitrogens is 3. The number of amides is 1. The number of anilines is 1. The maximum absolute atomic E-state index is 13.1. The highest BCUT2D eigenvalue weighted by Crippen LogP contribution is 2.34. The number of hydrogen-bond acceptors (Lipinski definition) is 6. The Morgan fingerprint density at radius 2 is 1.77 bits per heavy atom. The Bertz CT molecular complexity index is 1510. The first-order chi connectivity index (χ1) is 17.1. The van der Waals surface area contributed by atoms with Gasteiger partial charge in [0.05, 0.1) is 26.3 Å². The van der Waals surface area contributed by atoms with Crippen LogP contribution in [0.1, 0.15) is 11.3 Å². The van der Waals surface area contributed by atoms with Crippen molar-refractivity contribution in [3.8, 4) is 33.3 Å². The molecule has 0 spiro atoms. The molecule has 0 bridgehead atoms. The van der Waals surface area contributed by atoms with Crippen LogP contribution in [0.25, 0.3) is 27.5 Å². The second-order valence-corrected chi connectivity index (χ2v) is 8.86. The van der Waals surface area contributed by atoms with Gasteiger partial charge in [0.15, 0.2) is 11.5 Å². The van der Waals surface area contributed by atoms with Gasteiger partial charge >= 0.3 is 0 Å². The summed E-state index contributed by atoms with van der Waals surface area (Å²) in [6.07, 6.45) is 2.06. The van der Waals surface area contributed by atoms with Gasteiger partial charge < -0.3 is 14.8 Å². The molecule has 0 atom stereocenters. The minimum Gasteiger partial charge on any atom is -0.493 e. The predicted octanol–water partition coefficient (Wildman–Crippen LogP) is 5.63. The van der Waals surface area contributed by atoms with Gasteiger partial charge in [0.2, 0.25) is 5.91 Å². The van der Waals surface area contributed by atoms with E-state index in [1.165, 1.54) is 11.3 Å². The fourth-order valence-corrected chi connectivity index (χ4v) is 4.77. The molecule has 35 heavy (non-hydrogen) atoms. The molecule has 0 aliphatic rings. The molecule has 5 aromatic rings. The van der Waals surface area contributed by atoms with Gasteiger partial charge in [0.25, 0.3) is 0 Å². The van der Waals surface area contributed by atoms with Gasteiger partial charge in [-0.15, -0.1) is 11.3 Å². The molecule has 2 aromatic carbocycles. The predicted molar refractivity (Wildman–Crippen MR) is 138 cm³/mol. The van der Waals surface area contributed by atoms with Gasteiger partial charge in [-0.1, -0.05) is 36.4 Å². The Balaban J connectivity index is 1.41. The van der Waals surface area contributed by atoms with Crippen molar-refractivity contribution in [1.29, 1.82) is 0 Å². The van der Waals surface area contributed by atoms with E-state index < -0.39 is 0 Å². The molecule has 3 heterocycles. The Morgan fingerprint density at radius 3 is 2.54 bits per heavy atom. The number of hydrogen-bond donors (Lipinski definition) is 1. The van der Waals surface area contributed by atoms with Crippen molar-refractivity contribution in [1.82, 2.24) is 14.4 Å². The minimum absolute atomic E-state index is 0.150. The molecule has 7 nitrogen and oxygen atoms in total. The molecule has 1 N–H and O–H groups in total. The van der Waals surface area contributed by atoms with Crippen LogP contribution >= 0.6 is 11.3 Å². The minimum atomic E-state index is -0.158. The zero-order valence-corrected chi connectivity index (χ0v) is 20.4. The summed E-state index contributed by atoms with van der Waals surface area (Å²) < 4.78 is 12.6. The normalized spacial score (nSPS) is 10.9. The highest BCUT2D eigenvalue weighted by Gasteiger charge is 2.18. The average Bonchev–Trinajstić information content (AvgIpc) is 3.50. The fraction of sp³-hybridized carbons (Fsp3) is 0.148. The molecule has 0 fully saturated rings. The summed E-state index contributed by atoms with van der Waals surface area (Å²) in [5.41, 5.74) is 5.12. The topological polar surface area (TPSA) is 77.8 Å². The Morgan fingerprint density at radius 1 is 0.971 bits per heavy atom. The molecule has 176 valence electrons. The monoisotopic (exact) mass is 484 g/mol. The van der Waals surface area contributed by atoms with Crippen molar-refractivity contribution in [3.05, 3.63) is 83.5 Å². The van der Waals surface area contributed by atoms with Crippen LogP contribution < -0.4 is 14.8 Å². The molecular weight excluding hydrogens is 460 g/mol. The Labute approximate surface area is 207 Å². The molecule has 3 aromatic heterocycles. The molecule has 8 heteroatoms. The highest BCUT2D eigenvalue weighted by atomic mass is 32.1. The number of thiazole rings is 1. The average molecular weight is 485 g/mol. The molecule has 0 saturated carbocycles. The smallest absolute Gasteiger partial charge is 0.231 e. The summed E-state index contributed by atoms with van der Waals surface area (Å²) in [6.45, 7) is 2.01. The third-order valence-corrected chi connectivity index (χ3v) is 6.61. The SMILES string of the molecule is COc1ccc(-c2nc(CC(=O)Nc3c(-c4ccccc4)nc4c(C)cccn34)cs2)cc1OC. The van der Waals surface area contributed by atoms with E-state index in [0.29, 0.717) is 23.0 Å². The van der Waals surface area contributed by atoms with E-state index in [4.69, 9.17) is 14.5 Å². The van der Waals surface area contributed by atoms with Crippen molar-refractivity contribution >= 4 is 28.7 Å². The van der Waals surface area contributed by atoms with Crippen LogP contribution in [0.3, 0.4) is 0 Å². The van der Waals surface area contributed by atoms with Crippen LogP contribution in [0, 0.1) is 6.92 Å². The number of nitrogens with one attached hydrogen (secondary N) is 1. The van der Waals surface area contributed by atoms with Crippen LogP contribution in [0.5, 0.6) is 11.5 Å². The van der Waals surface area contributed by atoms with Gasteiger partial charge in [-0.25, -0.2) is 9.97 Å². The summed E-state index contributed by atoms with van der Waals surface area (Å²) in [5.74, 6) is 1.78. The van der Waals surface area contributed by atoms with E-state index in [0.717, 1.165) is 33.0 Å². The van der Waals surface area contributed by atoms with Gasteiger partial charge in [-0.3, -0.25) is 9.20 Å². The van der Waals surface area contributed by atoms with Crippen LogP contribution in [-0.2, 0) is 11.2 Å². The summed E-state index contributed by atoms with van der Waals surface area (Å²) in [7, 11) is 3.20. The lowest BCUT2D eigenvalue weighted by atomic mass is 10.1. The van der Waals surface area contributed by atoms with Crippen molar-refractivity contribution in [2.24, 2.45) is 0 Å². The second kappa shape index (κ2) is 9.60. The van der Waals surface area contributed by atoms with Crippen molar-refractivity contribution in [2.75, 3.05) is 19.5 Å². The Kier molecular flexibility index (Phi) is 6.20. The maximum Gasteiger partial charge on any atom is 0.231 e.